The van der Waals surface area contributed by atoms with Crippen molar-refractivity contribution in [2.45, 2.75) is 25.6 Å². The number of nitrogens with zero attached hydrogens (tertiary/aromatic N) is 4. The Kier molecular flexibility index (Phi) is 5.13. The highest BCUT2D eigenvalue weighted by molar-refractivity contribution is 5.15. The molecule has 3 aromatic rings. The number of hydrogen-bond donors (Lipinski definition) is 1. The van der Waals surface area contributed by atoms with Crippen LogP contribution in [0.1, 0.15) is 29.6 Å². The van der Waals surface area contributed by atoms with Crippen LogP contribution in [0.25, 0.3) is 0 Å². The number of imidazole rings is 1. The molecule has 0 unspecified atom stereocenters. The summed E-state index contributed by atoms with van der Waals surface area (Å²) in [6.45, 7) is 3.28. The van der Waals surface area contributed by atoms with Crippen LogP contribution in [0.5, 0.6) is 0 Å². The van der Waals surface area contributed by atoms with Crippen molar-refractivity contribution in [1.82, 2.24) is 24.6 Å². The van der Waals surface area contributed by atoms with Crippen LogP contribution in [0, 0.1) is 5.92 Å². The summed E-state index contributed by atoms with van der Waals surface area (Å²) in [4.78, 5) is 4.45. The zero-order chi connectivity index (χ0) is 17.8. The van der Waals surface area contributed by atoms with E-state index in [-0.39, 0.29) is 6.10 Å². The third-order valence-corrected chi connectivity index (χ3v) is 4.92. The lowest BCUT2D eigenvalue weighted by molar-refractivity contribution is 0.0810. The number of rotatable bonds is 7. The molecule has 4 rings (SSSR count). The molecule has 1 saturated heterocycles. The largest absolute Gasteiger partial charge is 0.370 e. The van der Waals surface area contributed by atoms with E-state index < -0.39 is 0 Å². The van der Waals surface area contributed by atoms with Crippen molar-refractivity contribution in [1.29, 1.82) is 0 Å². The second-order valence-corrected chi connectivity index (χ2v) is 6.86. The van der Waals surface area contributed by atoms with E-state index in [2.05, 4.69) is 45.7 Å². The Morgan fingerprint density at radius 3 is 2.88 bits per heavy atom. The van der Waals surface area contributed by atoms with Gasteiger partial charge >= 0.3 is 0 Å². The number of aromatic nitrogens is 4. The van der Waals surface area contributed by atoms with E-state index >= 15 is 0 Å². The first-order valence-corrected chi connectivity index (χ1v) is 9.15. The Bertz CT molecular complexity index is 826. The summed E-state index contributed by atoms with van der Waals surface area (Å²) in [5, 5.41) is 8.20. The quantitative estimate of drug-likeness (QED) is 0.711. The fraction of sp³-hybridized carbons (Fsp3) is 0.400. The SMILES string of the molecule is Cn1ccnc1[C@@H]1OCC[C@H]1CNCc1ccn(Cc2ccccc2)n1. The standard InChI is InChI=1S/C20H25N5O/c1-24-11-9-22-20(24)19-17(8-12-26-19)13-21-14-18-7-10-25(23-18)15-16-5-3-2-4-6-16/h2-7,9-11,17,19,21H,8,12-15H2,1H3/t17-,19+/m0/s1. The van der Waals surface area contributed by atoms with Crippen molar-refractivity contribution < 1.29 is 4.74 Å². The van der Waals surface area contributed by atoms with E-state index in [0.717, 1.165) is 44.2 Å². The molecule has 3 heterocycles. The van der Waals surface area contributed by atoms with E-state index in [1.54, 1.807) is 0 Å². The number of benzene rings is 1. The van der Waals surface area contributed by atoms with Gasteiger partial charge in [0.25, 0.3) is 0 Å². The van der Waals surface area contributed by atoms with E-state index in [0.29, 0.717) is 5.92 Å². The highest BCUT2D eigenvalue weighted by atomic mass is 16.5. The Labute approximate surface area is 153 Å². The van der Waals surface area contributed by atoms with Gasteiger partial charge in [0, 0.05) is 51.3 Å². The van der Waals surface area contributed by atoms with Gasteiger partial charge in [-0.1, -0.05) is 30.3 Å². The minimum Gasteiger partial charge on any atom is -0.370 e. The first-order valence-electron chi connectivity index (χ1n) is 9.15. The predicted octanol–water partition coefficient (Wildman–Crippen LogP) is 2.53. The zero-order valence-electron chi connectivity index (χ0n) is 15.1. The van der Waals surface area contributed by atoms with Crippen molar-refractivity contribution >= 4 is 0 Å². The van der Waals surface area contributed by atoms with Crippen LogP contribution in [0.4, 0.5) is 0 Å². The van der Waals surface area contributed by atoms with E-state index in [1.807, 2.05) is 41.0 Å². The molecule has 0 saturated carbocycles. The van der Waals surface area contributed by atoms with Crippen LogP contribution in [-0.2, 0) is 24.9 Å². The third-order valence-electron chi connectivity index (χ3n) is 4.92. The van der Waals surface area contributed by atoms with Gasteiger partial charge in [-0.2, -0.15) is 5.10 Å². The number of nitrogens with one attached hydrogen (secondary N) is 1. The summed E-state index contributed by atoms with van der Waals surface area (Å²) in [6, 6.07) is 12.5. The molecule has 0 bridgehead atoms. The number of hydrogen-bond acceptors (Lipinski definition) is 4. The van der Waals surface area contributed by atoms with Crippen LogP contribution in [0.3, 0.4) is 0 Å². The molecule has 1 aliphatic rings. The molecule has 0 radical (unpaired) electrons. The summed E-state index contributed by atoms with van der Waals surface area (Å²) in [6.07, 6.45) is 6.99. The van der Waals surface area contributed by atoms with Gasteiger partial charge in [-0.15, -0.1) is 0 Å². The fourth-order valence-corrected chi connectivity index (χ4v) is 3.52. The molecule has 0 spiro atoms. The Balaban J connectivity index is 1.29. The highest BCUT2D eigenvalue weighted by Gasteiger charge is 2.31. The molecule has 6 heteroatoms. The summed E-state index contributed by atoms with van der Waals surface area (Å²) in [7, 11) is 2.02. The lowest BCUT2D eigenvalue weighted by Crippen LogP contribution is -2.26. The average Bonchev–Trinajstić information content (AvgIpc) is 3.38. The van der Waals surface area contributed by atoms with Gasteiger partial charge in [0.1, 0.15) is 11.9 Å². The maximum Gasteiger partial charge on any atom is 0.137 e. The zero-order valence-corrected chi connectivity index (χ0v) is 15.1. The van der Waals surface area contributed by atoms with E-state index in [4.69, 9.17) is 4.74 Å². The number of ether oxygens (including phenoxy) is 1. The van der Waals surface area contributed by atoms with E-state index in [9.17, 15) is 0 Å². The van der Waals surface area contributed by atoms with Crippen LogP contribution < -0.4 is 5.32 Å². The molecule has 6 nitrogen and oxygen atoms in total. The molecule has 2 aromatic heterocycles. The van der Waals surface area contributed by atoms with Crippen molar-refractivity contribution in [2.75, 3.05) is 13.2 Å². The molecule has 2 atom stereocenters. The molecule has 1 fully saturated rings. The van der Waals surface area contributed by atoms with Gasteiger partial charge in [0.2, 0.25) is 0 Å². The van der Waals surface area contributed by atoms with Gasteiger partial charge in [-0.3, -0.25) is 4.68 Å². The highest BCUT2D eigenvalue weighted by Crippen LogP contribution is 2.32. The molecule has 26 heavy (non-hydrogen) atoms. The Morgan fingerprint density at radius 1 is 1.19 bits per heavy atom. The molecule has 0 amide bonds. The first-order chi connectivity index (χ1) is 12.8. The molecule has 136 valence electrons. The number of aryl methyl sites for hydroxylation is 1. The normalized spacial score (nSPS) is 19.9. The van der Waals surface area contributed by atoms with Crippen LogP contribution in [0.15, 0.2) is 55.0 Å². The molecular weight excluding hydrogens is 326 g/mol. The van der Waals surface area contributed by atoms with Gasteiger partial charge < -0.3 is 14.6 Å². The van der Waals surface area contributed by atoms with Gasteiger partial charge in [-0.25, -0.2) is 4.98 Å². The third kappa shape index (κ3) is 3.86. The summed E-state index contributed by atoms with van der Waals surface area (Å²) < 4.78 is 9.96. The van der Waals surface area contributed by atoms with Gasteiger partial charge in [-0.05, 0) is 18.1 Å². The Hall–Kier alpha value is -2.44. The fourth-order valence-electron chi connectivity index (χ4n) is 3.52. The average molecular weight is 351 g/mol. The monoisotopic (exact) mass is 351 g/mol. The Morgan fingerprint density at radius 2 is 2.08 bits per heavy atom. The predicted molar refractivity (Wildman–Crippen MR) is 99.5 cm³/mol. The van der Waals surface area contributed by atoms with Gasteiger partial charge in [0.15, 0.2) is 0 Å². The van der Waals surface area contributed by atoms with Gasteiger partial charge in [0.05, 0.1) is 12.2 Å². The van der Waals surface area contributed by atoms with Crippen LogP contribution >= 0.6 is 0 Å². The smallest absolute Gasteiger partial charge is 0.137 e. The molecule has 1 aromatic carbocycles. The molecular formula is C20H25N5O. The minimum atomic E-state index is 0.0816. The lowest BCUT2D eigenvalue weighted by Gasteiger charge is -2.18. The first kappa shape index (κ1) is 17.0. The maximum atomic E-state index is 5.92. The summed E-state index contributed by atoms with van der Waals surface area (Å²) in [5.41, 5.74) is 2.32. The second-order valence-electron chi connectivity index (χ2n) is 6.86. The molecule has 1 aliphatic heterocycles. The van der Waals surface area contributed by atoms with Crippen molar-refractivity contribution in [2.24, 2.45) is 13.0 Å². The van der Waals surface area contributed by atoms with Crippen molar-refractivity contribution in [3.8, 4) is 0 Å². The van der Waals surface area contributed by atoms with Crippen molar-refractivity contribution in [3.63, 3.8) is 0 Å². The molecule has 1 N–H and O–H groups in total. The molecule has 0 aliphatic carbocycles. The van der Waals surface area contributed by atoms with Crippen molar-refractivity contribution in [3.05, 3.63) is 72.1 Å². The van der Waals surface area contributed by atoms with E-state index in [1.165, 1.54) is 5.56 Å². The minimum absolute atomic E-state index is 0.0816. The summed E-state index contributed by atoms with van der Waals surface area (Å²) in [5.74, 6) is 1.46. The topological polar surface area (TPSA) is 56.9 Å². The van der Waals surface area contributed by atoms with Crippen LogP contribution in [-0.4, -0.2) is 32.5 Å². The second kappa shape index (κ2) is 7.85. The lowest BCUT2D eigenvalue weighted by atomic mass is 10.0. The maximum absolute atomic E-state index is 5.92. The van der Waals surface area contributed by atoms with Crippen LogP contribution in [0.2, 0.25) is 0 Å². The summed E-state index contributed by atoms with van der Waals surface area (Å²) >= 11 is 0.